The molecule has 6 heteroatoms. The summed E-state index contributed by atoms with van der Waals surface area (Å²) in [5.41, 5.74) is 4.93. The van der Waals surface area contributed by atoms with E-state index in [0.717, 1.165) is 35.6 Å². The van der Waals surface area contributed by atoms with Crippen LogP contribution in [0.15, 0.2) is 72.8 Å². The molecular weight excluding hydrogens is 438 g/mol. The van der Waals surface area contributed by atoms with Crippen LogP contribution >= 0.6 is 0 Å². The van der Waals surface area contributed by atoms with Crippen LogP contribution in [0.1, 0.15) is 41.3 Å². The van der Waals surface area contributed by atoms with Gasteiger partial charge in [0.05, 0.1) is 0 Å². The Morgan fingerprint density at radius 1 is 0.857 bits per heavy atom. The molecule has 6 nitrogen and oxygen atoms in total. The van der Waals surface area contributed by atoms with E-state index in [1.165, 1.54) is 5.56 Å². The first-order valence-electron chi connectivity index (χ1n) is 12.1. The lowest BCUT2D eigenvalue weighted by molar-refractivity contribution is -0.118. The maximum absolute atomic E-state index is 12.7. The molecule has 35 heavy (non-hydrogen) atoms. The SMILES string of the molecule is Cc1ccc(C(=O)N2CCN(c3ccc(NC(=O)COc4ccc(C(C)C)cc4)cc3)CC2)cc1. The number of piperazine rings is 1. The number of ether oxygens (including phenoxy) is 1. The second kappa shape index (κ2) is 11.1. The molecule has 3 aromatic carbocycles. The van der Waals surface area contributed by atoms with E-state index in [9.17, 15) is 9.59 Å². The van der Waals surface area contributed by atoms with Crippen molar-refractivity contribution >= 4 is 23.2 Å². The first-order chi connectivity index (χ1) is 16.9. The molecular formula is C29H33N3O3. The summed E-state index contributed by atoms with van der Waals surface area (Å²) in [6, 6.07) is 23.4. The maximum atomic E-state index is 12.7. The predicted octanol–water partition coefficient (Wildman–Crippen LogP) is 5.10. The summed E-state index contributed by atoms with van der Waals surface area (Å²) in [4.78, 5) is 29.2. The van der Waals surface area contributed by atoms with E-state index in [0.29, 0.717) is 24.8 Å². The average molecular weight is 472 g/mol. The quantitative estimate of drug-likeness (QED) is 0.521. The molecule has 0 spiro atoms. The number of benzene rings is 3. The van der Waals surface area contributed by atoms with Gasteiger partial charge in [-0.3, -0.25) is 9.59 Å². The standard InChI is InChI=1S/C29H33N3O3/c1-21(2)23-8-14-27(15-9-23)35-20-28(33)30-25-10-12-26(13-11-25)31-16-18-32(19-17-31)29(34)24-6-4-22(3)5-7-24/h4-15,21H,16-20H2,1-3H3,(H,30,33). The van der Waals surface area contributed by atoms with Gasteiger partial charge in [0.15, 0.2) is 6.61 Å². The topological polar surface area (TPSA) is 61.9 Å². The third-order valence-corrected chi connectivity index (χ3v) is 6.30. The fourth-order valence-electron chi connectivity index (χ4n) is 4.10. The highest BCUT2D eigenvalue weighted by atomic mass is 16.5. The monoisotopic (exact) mass is 471 g/mol. The highest BCUT2D eigenvalue weighted by Crippen LogP contribution is 2.21. The van der Waals surface area contributed by atoms with Gasteiger partial charge in [-0.2, -0.15) is 0 Å². The van der Waals surface area contributed by atoms with Gasteiger partial charge in [-0.25, -0.2) is 0 Å². The third-order valence-electron chi connectivity index (χ3n) is 6.30. The Bertz CT molecular complexity index is 1130. The molecule has 2 amide bonds. The van der Waals surface area contributed by atoms with Crippen molar-refractivity contribution in [3.05, 3.63) is 89.5 Å². The highest BCUT2D eigenvalue weighted by molar-refractivity contribution is 5.94. The summed E-state index contributed by atoms with van der Waals surface area (Å²) < 4.78 is 5.61. The largest absolute Gasteiger partial charge is 0.484 e. The number of amides is 2. The van der Waals surface area contributed by atoms with Crippen molar-refractivity contribution in [2.75, 3.05) is 43.0 Å². The second-order valence-corrected chi connectivity index (χ2v) is 9.25. The van der Waals surface area contributed by atoms with Gasteiger partial charge in [-0.05, 0) is 66.9 Å². The van der Waals surface area contributed by atoms with Crippen LogP contribution in [0.25, 0.3) is 0 Å². The number of anilines is 2. The molecule has 0 unspecified atom stereocenters. The predicted molar refractivity (Wildman–Crippen MR) is 140 cm³/mol. The number of rotatable bonds is 7. The van der Waals surface area contributed by atoms with Gasteiger partial charge in [0.25, 0.3) is 11.8 Å². The Hall–Kier alpha value is -3.80. The summed E-state index contributed by atoms with van der Waals surface area (Å²) in [5.74, 6) is 1.02. The summed E-state index contributed by atoms with van der Waals surface area (Å²) in [6.45, 7) is 9.16. The summed E-state index contributed by atoms with van der Waals surface area (Å²) >= 11 is 0. The molecule has 1 aliphatic heterocycles. The minimum atomic E-state index is -0.200. The molecule has 3 aromatic rings. The van der Waals surface area contributed by atoms with Gasteiger partial charge in [0, 0.05) is 43.1 Å². The Morgan fingerprint density at radius 2 is 1.49 bits per heavy atom. The lowest BCUT2D eigenvalue weighted by Gasteiger charge is -2.36. The van der Waals surface area contributed by atoms with E-state index < -0.39 is 0 Å². The van der Waals surface area contributed by atoms with Crippen molar-refractivity contribution in [1.29, 1.82) is 0 Å². The van der Waals surface area contributed by atoms with E-state index in [4.69, 9.17) is 4.74 Å². The molecule has 1 aliphatic rings. The number of nitrogens with zero attached hydrogens (tertiary/aromatic N) is 2. The smallest absolute Gasteiger partial charge is 0.262 e. The van der Waals surface area contributed by atoms with Crippen LogP contribution < -0.4 is 15.0 Å². The molecule has 1 N–H and O–H groups in total. The number of aryl methyl sites for hydroxylation is 1. The van der Waals surface area contributed by atoms with Crippen LogP contribution in [0, 0.1) is 6.92 Å². The maximum Gasteiger partial charge on any atom is 0.262 e. The average Bonchev–Trinajstić information content (AvgIpc) is 2.88. The minimum Gasteiger partial charge on any atom is -0.484 e. The van der Waals surface area contributed by atoms with Crippen LogP contribution in [0.4, 0.5) is 11.4 Å². The first-order valence-corrected chi connectivity index (χ1v) is 12.1. The van der Waals surface area contributed by atoms with Crippen LogP contribution in [-0.4, -0.2) is 49.5 Å². The summed E-state index contributed by atoms with van der Waals surface area (Å²) in [7, 11) is 0. The Balaban J connectivity index is 1.24. The van der Waals surface area contributed by atoms with E-state index in [1.54, 1.807) is 0 Å². The number of hydrogen-bond donors (Lipinski definition) is 1. The van der Waals surface area contributed by atoms with Gasteiger partial charge in [0.1, 0.15) is 5.75 Å². The normalized spacial score (nSPS) is 13.6. The molecule has 0 aliphatic carbocycles. The Labute approximate surface area is 207 Å². The van der Waals surface area contributed by atoms with Crippen LogP contribution in [0.2, 0.25) is 0 Å². The van der Waals surface area contributed by atoms with Crippen LogP contribution in [-0.2, 0) is 4.79 Å². The lowest BCUT2D eigenvalue weighted by atomic mass is 10.0. The van der Waals surface area contributed by atoms with Crippen molar-refractivity contribution in [1.82, 2.24) is 4.90 Å². The Kier molecular flexibility index (Phi) is 7.70. The zero-order chi connectivity index (χ0) is 24.8. The minimum absolute atomic E-state index is 0.0419. The molecule has 0 bridgehead atoms. The molecule has 0 radical (unpaired) electrons. The first kappa shape index (κ1) is 24.3. The van der Waals surface area contributed by atoms with Crippen molar-refractivity contribution in [3.63, 3.8) is 0 Å². The Morgan fingerprint density at radius 3 is 2.09 bits per heavy atom. The molecule has 0 saturated carbocycles. The van der Waals surface area contributed by atoms with Crippen molar-refractivity contribution in [3.8, 4) is 5.75 Å². The number of carbonyl (C=O) groups is 2. The molecule has 1 heterocycles. The van der Waals surface area contributed by atoms with E-state index >= 15 is 0 Å². The number of hydrogen-bond acceptors (Lipinski definition) is 4. The summed E-state index contributed by atoms with van der Waals surface area (Å²) in [5, 5.41) is 2.88. The molecule has 4 rings (SSSR count). The molecule has 1 fully saturated rings. The highest BCUT2D eigenvalue weighted by Gasteiger charge is 2.22. The second-order valence-electron chi connectivity index (χ2n) is 9.25. The van der Waals surface area contributed by atoms with Crippen molar-refractivity contribution in [2.24, 2.45) is 0 Å². The van der Waals surface area contributed by atoms with Crippen LogP contribution in [0.5, 0.6) is 5.75 Å². The van der Waals surface area contributed by atoms with Crippen molar-refractivity contribution in [2.45, 2.75) is 26.7 Å². The van der Waals surface area contributed by atoms with Crippen LogP contribution in [0.3, 0.4) is 0 Å². The third kappa shape index (κ3) is 6.41. The fraction of sp³-hybridized carbons (Fsp3) is 0.310. The van der Waals surface area contributed by atoms with Gasteiger partial charge >= 0.3 is 0 Å². The van der Waals surface area contributed by atoms with Gasteiger partial charge < -0.3 is 19.9 Å². The zero-order valence-electron chi connectivity index (χ0n) is 20.7. The molecule has 0 atom stereocenters. The number of carbonyl (C=O) groups excluding carboxylic acids is 2. The van der Waals surface area contributed by atoms with Gasteiger partial charge in [-0.1, -0.05) is 43.7 Å². The molecule has 1 saturated heterocycles. The number of nitrogens with one attached hydrogen (secondary N) is 1. The van der Waals surface area contributed by atoms with Gasteiger partial charge in [0.2, 0.25) is 0 Å². The zero-order valence-corrected chi connectivity index (χ0v) is 20.7. The summed E-state index contributed by atoms with van der Waals surface area (Å²) in [6.07, 6.45) is 0. The van der Waals surface area contributed by atoms with E-state index in [-0.39, 0.29) is 18.4 Å². The van der Waals surface area contributed by atoms with E-state index in [2.05, 4.69) is 24.1 Å². The van der Waals surface area contributed by atoms with Crippen molar-refractivity contribution < 1.29 is 14.3 Å². The lowest BCUT2D eigenvalue weighted by Crippen LogP contribution is -2.48. The molecule has 182 valence electrons. The fourth-order valence-corrected chi connectivity index (χ4v) is 4.10. The van der Waals surface area contributed by atoms with E-state index in [1.807, 2.05) is 84.6 Å². The van der Waals surface area contributed by atoms with Gasteiger partial charge in [-0.15, -0.1) is 0 Å². The molecule has 0 aromatic heterocycles.